The number of ether oxygens (including phenoxy) is 2. The average Bonchev–Trinajstić information content (AvgIpc) is 2.80. The van der Waals surface area contributed by atoms with E-state index in [1.54, 1.807) is 6.07 Å². The number of carbonyl (C=O) groups excluding carboxylic acids is 1. The molecule has 3 rings (SSSR count). The summed E-state index contributed by atoms with van der Waals surface area (Å²) in [4.78, 5) is 12.0. The normalized spacial score (nSPS) is 11.9. The molecular weight excluding hydrogens is 404 g/mol. The topological polar surface area (TPSA) is 76.0 Å². The summed E-state index contributed by atoms with van der Waals surface area (Å²) in [5.41, 5.74) is 1.74. The number of para-hydroxylation sites is 1. The molecule has 0 radical (unpaired) electrons. The Bertz CT molecular complexity index is 1040. The van der Waals surface area contributed by atoms with Crippen LogP contribution in [0, 0.1) is 0 Å². The molecule has 0 heterocycles. The van der Waals surface area contributed by atoms with E-state index in [4.69, 9.17) is 9.47 Å². The highest BCUT2D eigenvalue weighted by atomic mass is 16.5. The van der Waals surface area contributed by atoms with Gasteiger partial charge in [0, 0.05) is 0 Å². The second kappa shape index (κ2) is 11.4. The van der Waals surface area contributed by atoms with Crippen LogP contribution in [0.1, 0.15) is 56.6 Å². The number of hydrogen-bond donors (Lipinski definition) is 2. The van der Waals surface area contributed by atoms with Crippen LogP contribution in [-0.2, 0) is 16.0 Å². The van der Waals surface area contributed by atoms with Crippen molar-refractivity contribution in [2.45, 2.75) is 51.9 Å². The van der Waals surface area contributed by atoms with Crippen LogP contribution in [0.15, 0.2) is 54.6 Å². The van der Waals surface area contributed by atoms with E-state index in [-0.39, 0.29) is 23.4 Å². The first-order valence-corrected chi connectivity index (χ1v) is 11.3. The SMILES string of the molecule is CCOC(=O)[C@@H](C)c1ccc2cc(OCCCCCCc3cccc(O)c3O)ccc2c1. The van der Waals surface area contributed by atoms with Gasteiger partial charge in [-0.15, -0.1) is 0 Å². The van der Waals surface area contributed by atoms with Gasteiger partial charge < -0.3 is 19.7 Å². The molecule has 5 nitrogen and oxygen atoms in total. The van der Waals surface area contributed by atoms with Crippen molar-refractivity contribution in [3.8, 4) is 17.2 Å². The fourth-order valence-electron chi connectivity index (χ4n) is 3.75. The molecule has 0 aliphatic heterocycles. The van der Waals surface area contributed by atoms with E-state index < -0.39 is 0 Å². The quantitative estimate of drug-likeness (QED) is 0.216. The smallest absolute Gasteiger partial charge is 0.313 e. The van der Waals surface area contributed by atoms with Gasteiger partial charge in [0.1, 0.15) is 5.75 Å². The van der Waals surface area contributed by atoms with Gasteiger partial charge >= 0.3 is 5.97 Å². The molecule has 0 aromatic heterocycles. The highest BCUT2D eigenvalue weighted by Gasteiger charge is 2.16. The van der Waals surface area contributed by atoms with E-state index in [9.17, 15) is 15.0 Å². The van der Waals surface area contributed by atoms with Crippen molar-refractivity contribution < 1.29 is 24.5 Å². The van der Waals surface area contributed by atoms with Crippen LogP contribution in [0.2, 0.25) is 0 Å². The minimum Gasteiger partial charge on any atom is -0.504 e. The molecule has 0 aliphatic carbocycles. The number of aryl methyl sites for hydroxylation is 1. The van der Waals surface area contributed by atoms with Gasteiger partial charge in [0.05, 0.1) is 19.1 Å². The molecule has 0 saturated heterocycles. The lowest BCUT2D eigenvalue weighted by Gasteiger charge is -2.12. The number of fused-ring (bicyclic) bond motifs is 1. The van der Waals surface area contributed by atoms with E-state index in [0.29, 0.717) is 13.2 Å². The summed E-state index contributed by atoms with van der Waals surface area (Å²) in [6.45, 7) is 4.72. The van der Waals surface area contributed by atoms with Crippen LogP contribution in [-0.4, -0.2) is 29.4 Å². The highest BCUT2D eigenvalue weighted by molar-refractivity contribution is 5.86. The zero-order valence-corrected chi connectivity index (χ0v) is 18.8. The summed E-state index contributed by atoms with van der Waals surface area (Å²) >= 11 is 0. The Labute approximate surface area is 189 Å². The molecule has 0 aliphatic rings. The van der Waals surface area contributed by atoms with Crippen molar-refractivity contribution >= 4 is 16.7 Å². The maximum Gasteiger partial charge on any atom is 0.313 e. The van der Waals surface area contributed by atoms with Gasteiger partial charge in [0.25, 0.3) is 0 Å². The van der Waals surface area contributed by atoms with Gasteiger partial charge in [0.2, 0.25) is 0 Å². The predicted octanol–water partition coefficient (Wildman–Crippen LogP) is 6.10. The maximum atomic E-state index is 12.0. The molecular formula is C27H32O5. The number of benzene rings is 3. The number of aromatic hydroxyl groups is 2. The highest BCUT2D eigenvalue weighted by Crippen LogP contribution is 2.29. The van der Waals surface area contributed by atoms with Crippen LogP contribution in [0.3, 0.4) is 0 Å². The third-order valence-electron chi connectivity index (χ3n) is 5.68. The molecule has 5 heteroatoms. The molecule has 170 valence electrons. The summed E-state index contributed by atoms with van der Waals surface area (Å²) < 4.78 is 11.0. The van der Waals surface area contributed by atoms with Gasteiger partial charge in [0.15, 0.2) is 11.5 Å². The van der Waals surface area contributed by atoms with E-state index in [1.807, 2.05) is 56.3 Å². The second-order valence-corrected chi connectivity index (χ2v) is 8.04. The largest absolute Gasteiger partial charge is 0.504 e. The maximum absolute atomic E-state index is 12.0. The molecule has 0 unspecified atom stereocenters. The predicted molar refractivity (Wildman–Crippen MR) is 126 cm³/mol. The molecule has 2 N–H and O–H groups in total. The van der Waals surface area contributed by atoms with Crippen LogP contribution in [0.25, 0.3) is 10.8 Å². The molecule has 0 fully saturated rings. The van der Waals surface area contributed by atoms with E-state index in [1.165, 1.54) is 6.07 Å². The first-order chi connectivity index (χ1) is 15.5. The Morgan fingerprint density at radius 1 is 0.938 bits per heavy atom. The molecule has 32 heavy (non-hydrogen) atoms. The number of unbranched alkanes of at least 4 members (excludes halogenated alkanes) is 3. The van der Waals surface area contributed by atoms with Gasteiger partial charge in [-0.25, -0.2) is 0 Å². The summed E-state index contributed by atoms with van der Waals surface area (Å²) in [5, 5.41) is 21.5. The summed E-state index contributed by atoms with van der Waals surface area (Å²) in [6.07, 6.45) is 4.75. The molecule has 3 aromatic rings. The fraction of sp³-hybridized carbons (Fsp3) is 0.370. The lowest BCUT2D eigenvalue weighted by atomic mass is 9.98. The lowest BCUT2D eigenvalue weighted by Crippen LogP contribution is -2.12. The molecule has 1 atom stereocenters. The van der Waals surface area contributed by atoms with Crippen LogP contribution in [0.5, 0.6) is 17.2 Å². The Balaban J connectivity index is 1.43. The van der Waals surface area contributed by atoms with E-state index in [0.717, 1.165) is 59.8 Å². The van der Waals surface area contributed by atoms with Crippen molar-refractivity contribution in [2.24, 2.45) is 0 Å². The van der Waals surface area contributed by atoms with Crippen molar-refractivity contribution in [2.75, 3.05) is 13.2 Å². The minimum atomic E-state index is -0.285. The molecule has 0 amide bonds. The van der Waals surface area contributed by atoms with Crippen LogP contribution >= 0.6 is 0 Å². The van der Waals surface area contributed by atoms with E-state index >= 15 is 0 Å². The zero-order chi connectivity index (χ0) is 22.9. The Hall–Kier alpha value is -3.21. The van der Waals surface area contributed by atoms with Gasteiger partial charge in [-0.1, -0.05) is 49.2 Å². The molecule has 0 spiro atoms. The van der Waals surface area contributed by atoms with Crippen molar-refractivity contribution in [3.05, 3.63) is 65.7 Å². The molecule has 0 saturated carbocycles. The first kappa shape index (κ1) is 23.5. The van der Waals surface area contributed by atoms with Crippen molar-refractivity contribution in [1.29, 1.82) is 0 Å². The minimum absolute atomic E-state index is 0.00499. The van der Waals surface area contributed by atoms with Gasteiger partial charge in [-0.3, -0.25) is 4.79 Å². The number of phenolic OH excluding ortho intramolecular Hbond substituents is 2. The number of esters is 1. The Morgan fingerprint density at radius 3 is 2.50 bits per heavy atom. The van der Waals surface area contributed by atoms with Crippen molar-refractivity contribution in [3.63, 3.8) is 0 Å². The summed E-state index contributed by atoms with van der Waals surface area (Å²) in [5.74, 6) is 0.288. The monoisotopic (exact) mass is 436 g/mol. The molecule has 3 aromatic carbocycles. The van der Waals surface area contributed by atoms with Gasteiger partial charge in [-0.2, -0.15) is 0 Å². The number of phenols is 2. The van der Waals surface area contributed by atoms with Crippen LogP contribution < -0.4 is 4.74 Å². The van der Waals surface area contributed by atoms with E-state index in [2.05, 4.69) is 0 Å². The summed E-state index contributed by atoms with van der Waals surface area (Å²) in [7, 11) is 0. The zero-order valence-electron chi connectivity index (χ0n) is 18.8. The number of carbonyl (C=O) groups is 1. The van der Waals surface area contributed by atoms with Crippen molar-refractivity contribution in [1.82, 2.24) is 0 Å². The average molecular weight is 437 g/mol. The third kappa shape index (κ3) is 6.16. The van der Waals surface area contributed by atoms with Crippen LogP contribution in [0.4, 0.5) is 0 Å². The first-order valence-electron chi connectivity index (χ1n) is 11.3. The lowest BCUT2D eigenvalue weighted by molar-refractivity contribution is -0.144. The number of rotatable bonds is 11. The Morgan fingerprint density at radius 2 is 1.69 bits per heavy atom. The van der Waals surface area contributed by atoms with Gasteiger partial charge in [-0.05, 0) is 73.2 Å². The second-order valence-electron chi connectivity index (χ2n) is 8.04. The Kier molecular flexibility index (Phi) is 8.37. The third-order valence-corrected chi connectivity index (χ3v) is 5.68. The summed E-state index contributed by atoms with van der Waals surface area (Å²) in [6, 6.07) is 17.1. The number of hydrogen-bond acceptors (Lipinski definition) is 5. The standard InChI is InChI=1S/C27H32O5/c1-3-31-27(30)19(2)21-12-13-23-18-24(15-14-22(23)17-21)32-16-7-5-4-6-9-20-10-8-11-25(28)26(20)29/h8,10-15,17-19,28-29H,3-7,9,16H2,1-2H3/t19-/m0/s1. The fourth-order valence-corrected chi connectivity index (χ4v) is 3.75. The molecule has 0 bridgehead atoms.